The Balaban J connectivity index is 1.87. The number of aryl methyl sites for hydroxylation is 1. The molecule has 0 saturated carbocycles. The molecule has 0 spiro atoms. The van der Waals surface area contributed by atoms with Gasteiger partial charge in [0, 0.05) is 11.6 Å². The Bertz CT molecular complexity index is 554. The Hall–Kier alpha value is -2.37. The van der Waals surface area contributed by atoms with E-state index in [0.717, 1.165) is 5.56 Å². The fraction of sp³-hybridized carbons (Fsp3) is 0.167. The summed E-state index contributed by atoms with van der Waals surface area (Å²) in [5.41, 5.74) is 0.828. The second-order valence-corrected chi connectivity index (χ2v) is 3.72. The van der Waals surface area contributed by atoms with Crippen LogP contribution < -0.4 is 10.1 Å². The quantitative estimate of drug-likeness (QED) is 0.869. The van der Waals surface area contributed by atoms with E-state index < -0.39 is 5.82 Å². The van der Waals surface area contributed by atoms with E-state index >= 15 is 0 Å². The number of hydrogen-bond donors (Lipinski definition) is 2. The Morgan fingerprint density at radius 2 is 2.39 bits per heavy atom. The lowest BCUT2D eigenvalue weighted by atomic mass is 10.3. The van der Waals surface area contributed by atoms with Gasteiger partial charge in [0.25, 0.3) is 5.91 Å². The number of aromatic amines is 1. The number of nitrogens with zero attached hydrogens (tertiary/aromatic N) is 1. The molecule has 1 aromatic carbocycles. The van der Waals surface area contributed by atoms with Crippen LogP contribution in [0.1, 0.15) is 5.56 Å². The van der Waals surface area contributed by atoms with Crippen LogP contribution in [0, 0.1) is 12.7 Å². The molecule has 2 aromatic rings. The van der Waals surface area contributed by atoms with Gasteiger partial charge in [-0.3, -0.25) is 9.89 Å². The molecule has 18 heavy (non-hydrogen) atoms. The number of ether oxygens (including phenoxy) is 1. The van der Waals surface area contributed by atoms with Crippen molar-refractivity contribution < 1.29 is 13.9 Å². The van der Waals surface area contributed by atoms with Gasteiger partial charge < -0.3 is 10.1 Å². The average Bonchev–Trinajstić information content (AvgIpc) is 2.73. The van der Waals surface area contributed by atoms with Gasteiger partial charge in [0.1, 0.15) is 17.4 Å². The normalized spacial score (nSPS) is 10.1. The first-order chi connectivity index (χ1) is 8.65. The number of benzene rings is 1. The van der Waals surface area contributed by atoms with E-state index in [1.807, 2.05) is 6.92 Å². The minimum atomic E-state index is -0.405. The zero-order valence-corrected chi connectivity index (χ0v) is 9.74. The topological polar surface area (TPSA) is 67.0 Å². The Morgan fingerprint density at radius 1 is 1.56 bits per heavy atom. The average molecular weight is 249 g/mol. The summed E-state index contributed by atoms with van der Waals surface area (Å²) in [4.78, 5) is 11.5. The van der Waals surface area contributed by atoms with Crippen LogP contribution in [0.3, 0.4) is 0 Å². The lowest BCUT2D eigenvalue weighted by molar-refractivity contribution is -0.118. The van der Waals surface area contributed by atoms with Gasteiger partial charge in [0.05, 0.1) is 6.20 Å². The molecule has 1 heterocycles. The summed E-state index contributed by atoms with van der Waals surface area (Å²) >= 11 is 0. The first-order valence-corrected chi connectivity index (χ1v) is 5.33. The molecule has 0 aliphatic carbocycles. The third-order valence-electron chi connectivity index (χ3n) is 2.26. The lowest BCUT2D eigenvalue weighted by Crippen LogP contribution is -2.20. The molecule has 1 amide bonds. The van der Waals surface area contributed by atoms with E-state index in [4.69, 9.17) is 4.74 Å². The number of anilines is 1. The summed E-state index contributed by atoms with van der Waals surface area (Å²) in [5, 5.41) is 9.02. The molecule has 5 nitrogen and oxygen atoms in total. The summed E-state index contributed by atoms with van der Waals surface area (Å²) in [7, 11) is 0. The number of halogens is 1. The van der Waals surface area contributed by atoms with Gasteiger partial charge in [-0.25, -0.2) is 4.39 Å². The number of carbonyl (C=O) groups excluding carboxylic acids is 1. The van der Waals surface area contributed by atoms with Crippen LogP contribution in [0.5, 0.6) is 5.75 Å². The largest absolute Gasteiger partial charge is 0.484 e. The second-order valence-electron chi connectivity index (χ2n) is 3.72. The number of aromatic nitrogens is 2. The Labute approximate surface area is 103 Å². The van der Waals surface area contributed by atoms with E-state index in [1.165, 1.54) is 18.2 Å². The van der Waals surface area contributed by atoms with Crippen LogP contribution in [-0.4, -0.2) is 22.7 Å². The maximum absolute atomic E-state index is 12.9. The van der Waals surface area contributed by atoms with Crippen molar-refractivity contribution in [3.05, 3.63) is 41.8 Å². The molecule has 0 aliphatic rings. The Kier molecular flexibility index (Phi) is 3.57. The molecule has 1 aromatic heterocycles. The van der Waals surface area contributed by atoms with Crippen LogP contribution >= 0.6 is 0 Å². The highest BCUT2D eigenvalue weighted by Gasteiger charge is 2.07. The molecule has 0 radical (unpaired) electrons. The molecular formula is C12H12FN3O2. The molecule has 0 bridgehead atoms. The monoisotopic (exact) mass is 249 g/mol. The highest BCUT2D eigenvalue weighted by molar-refractivity contribution is 5.91. The van der Waals surface area contributed by atoms with Crippen molar-refractivity contribution in [2.75, 3.05) is 11.9 Å². The number of amides is 1. The van der Waals surface area contributed by atoms with E-state index in [-0.39, 0.29) is 12.5 Å². The summed E-state index contributed by atoms with van der Waals surface area (Å²) in [5.74, 6) is 0.0956. The van der Waals surface area contributed by atoms with Crippen molar-refractivity contribution in [3.63, 3.8) is 0 Å². The maximum Gasteiger partial charge on any atom is 0.263 e. The molecule has 0 saturated heterocycles. The molecule has 94 valence electrons. The number of H-pyrrole nitrogens is 1. The third kappa shape index (κ3) is 3.07. The van der Waals surface area contributed by atoms with Crippen molar-refractivity contribution in [2.24, 2.45) is 0 Å². The van der Waals surface area contributed by atoms with Gasteiger partial charge in [0.15, 0.2) is 6.61 Å². The molecular weight excluding hydrogens is 237 g/mol. The fourth-order valence-corrected chi connectivity index (χ4v) is 1.35. The van der Waals surface area contributed by atoms with Crippen molar-refractivity contribution in [1.29, 1.82) is 0 Å². The molecule has 2 rings (SSSR count). The van der Waals surface area contributed by atoms with Crippen LogP contribution in [0.4, 0.5) is 10.2 Å². The van der Waals surface area contributed by atoms with Crippen molar-refractivity contribution in [3.8, 4) is 5.75 Å². The predicted molar refractivity (Wildman–Crippen MR) is 63.8 cm³/mol. The summed E-state index contributed by atoms with van der Waals surface area (Å²) < 4.78 is 18.0. The zero-order chi connectivity index (χ0) is 13.0. The minimum absolute atomic E-state index is 0.193. The van der Waals surface area contributed by atoms with Gasteiger partial charge in [-0.2, -0.15) is 5.10 Å². The standard InChI is InChI=1S/C12H12FN3O2/c1-8-6-14-16-12(8)15-11(17)7-18-10-4-2-3-9(13)5-10/h2-6H,7H2,1H3,(H2,14,15,16,17). The third-order valence-corrected chi connectivity index (χ3v) is 2.26. The molecule has 2 N–H and O–H groups in total. The van der Waals surface area contributed by atoms with Crippen molar-refractivity contribution in [2.45, 2.75) is 6.92 Å². The zero-order valence-electron chi connectivity index (χ0n) is 9.74. The number of rotatable bonds is 4. The van der Waals surface area contributed by atoms with Crippen LogP contribution in [0.25, 0.3) is 0 Å². The summed E-state index contributed by atoms with van der Waals surface area (Å²) in [6.07, 6.45) is 1.60. The molecule has 0 aliphatic heterocycles. The van der Waals surface area contributed by atoms with Crippen LogP contribution in [0.15, 0.2) is 30.5 Å². The van der Waals surface area contributed by atoms with Gasteiger partial charge >= 0.3 is 0 Å². The molecule has 0 fully saturated rings. The number of carbonyl (C=O) groups is 1. The summed E-state index contributed by atoms with van der Waals surface area (Å²) in [6, 6.07) is 5.62. The van der Waals surface area contributed by atoms with E-state index in [9.17, 15) is 9.18 Å². The molecule has 0 unspecified atom stereocenters. The first-order valence-electron chi connectivity index (χ1n) is 5.33. The van der Waals surface area contributed by atoms with Gasteiger partial charge in [-0.1, -0.05) is 6.07 Å². The SMILES string of the molecule is Cc1cn[nH]c1NC(=O)COc1cccc(F)c1. The molecule has 0 atom stereocenters. The maximum atomic E-state index is 12.9. The molecule has 6 heteroatoms. The second kappa shape index (κ2) is 5.31. The fourth-order valence-electron chi connectivity index (χ4n) is 1.35. The van der Waals surface area contributed by atoms with Gasteiger partial charge in [-0.05, 0) is 19.1 Å². The van der Waals surface area contributed by atoms with Gasteiger partial charge in [0.2, 0.25) is 0 Å². The summed E-state index contributed by atoms with van der Waals surface area (Å²) in [6.45, 7) is 1.62. The van der Waals surface area contributed by atoms with Crippen molar-refractivity contribution in [1.82, 2.24) is 10.2 Å². The number of nitrogens with one attached hydrogen (secondary N) is 2. The highest BCUT2D eigenvalue weighted by atomic mass is 19.1. The van der Waals surface area contributed by atoms with Gasteiger partial charge in [-0.15, -0.1) is 0 Å². The minimum Gasteiger partial charge on any atom is -0.484 e. The van der Waals surface area contributed by atoms with Crippen LogP contribution in [-0.2, 0) is 4.79 Å². The predicted octanol–water partition coefficient (Wildman–Crippen LogP) is 1.87. The van der Waals surface area contributed by atoms with E-state index in [1.54, 1.807) is 12.3 Å². The highest BCUT2D eigenvalue weighted by Crippen LogP contribution is 2.12. The van der Waals surface area contributed by atoms with E-state index in [0.29, 0.717) is 11.6 Å². The van der Waals surface area contributed by atoms with Crippen molar-refractivity contribution >= 4 is 11.7 Å². The number of hydrogen-bond acceptors (Lipinski definition) is 3. The smallest absolute Gasteiger partial charge is 0.263 e. The Morgan fingerprint density at radius 3 is 3.06 bits per heavy atom. The lowest BCUT2D eigenvalue weighted by Gasteiger charge is -2.06. The van der Waals surface area contributed by atoms with Crippen LogP contribution in [0.2, 0.25) is 0 Å². The first kappa shape index (κ1) is 12.1. The van der Waals surface area contributed by atoms with E-state index in [2.05, 4.69) is 15.5 Å².